The van der Waals surface area contributed by atoms with Gasteiger partial charge in [-0.3, -0.25) is 4.79 Å². The number of aromatic amines is 1. The predicted molar refractivity (Wildman–Crippen MR) is 66.7 cm³/mol. The Morgan fingerprint density at radius 1 is 1.43 bits per heavy atom. The molecule has 1 aromatic carbocycles. The lowest BCUT2D eigenvalue weighted by atomic mass is 10.1. The van der Waals surface area contributed by atoms with Gasteiger partial charge in [0.1, 0.15) is 0 Å². The van der Waals surface area contributed by atoms with E-state index in [9.17, 15) is 4.79 Å². The van der Waals surface area contributed by atoms with Gasteiger partial charge in [0.15, 0.2) is 5.43 Å². The van der Waals surface area contributed by atoms with Gasteiger partial charge in [-0.05, 0) is 47.2 Å². The summed E-state index contributed by atoms with van der Waals surface area (Å²) < 4.78 is 1.13. The number of pyridine rings is 1. The van der Waals surface area contributed by atoms with Gasteiger partial charge in [-0.15, -0.1) is 0 Å². The number of hydrogen-bond donors (Lipinski definition) is 1. The van der Waals surface area contributed by atoms with Gasteiger partial charge >= 0.3 is 0 Å². The summed E-state index contributed by atoms with van der Waals surface area (Å²) in [5.41, 5.74) is 1.91. The molecule has 0 fully saturated rings. The number of nitrogens with one attached hydrogen (secondary N) is 1. The van der Waals surface area contributed by atoms with Gasteiger partial charge in [0.25, 0.3) is 0 Å². The van der Waals surface area contributed by atoms with Crippen LogP contribution in [0.3, 0.4) is 0 Å². The summed E-state index contributed by atoms with van der Waals surface area (Å²) in [5.74, 6) is 0. The van der Waals surface area contributed by atoms with Gasteiger partial charge < -0.3 is 4.98 Å². The Morgan fingerprint density at radius 2 is 2.21 bits per heavy atom. The van der Waals surface area contributed by atoms with Crippen LogP contribution in [0.1, 0.15) is 12.5 Å². The van der Waals surface area contributed by atoms with Crippen molar-refractivity contribution >= 4 is 33.5 Å². The zero-order valence-electron chi connectivity index (χ0n) is 7.80. The first-order valence-electron chi connectivity index (χ1n) is 4.52. The van der Waals surface area contributed by atoms with Crippen LogP contribution < -0.4 is 5.43 Å². The average molecular weight is 299 g/mol. The molecule has 1 aromatic heterocycles. The SMILES string of the molecule is CCc1c[nH]c2cc(I)ccc2c1=O. The van der Waals surface area contributed by atoms with Gasteiger partial charge in [-0.25, -0.2) is 0 Å². The molecule has 0 saturated carbocycles. The fourth-order valence-electron chi connectivity index (χ4n) is 1.50. The molecule has 3 heteroatoms. The van der Waals surface area contributed by atoms with Crippen molar-refractivity contribution in [3.8, 4) is 0 Å². The summed E-state index contributed by atoms with van der Waals surface area (Å²) in [6, 6.07) is 5.82. The maximum atomic E-state index is 11.8. The highest BCUT2D eigenvalue weighted by Crippen LogP contribution is 2.12. The molecule has 1 heterocycles. The summed E-state index contributed by atoms with van der Waals surface area (Å²) in [5, 5.41) is 0.782. The van der Waals surface area contributed by atoms with Crippen LogP contribution in [0.15, 0.2) is 29.2 Å². The molecule has 2 nitrogen and oxygen atoms in total. The molecule has 0 atom stereocenters. The van der Waals surface area contributed by atoms with Crippen molar-refractivity contribution in [3.63, 3.8) is 0 Å². The third kappa shape index (κ3) is 1.56. The molecule has 0 aliphatic heterocycles. The summed E-state index contributed by atoms with van der Waals surface area (Å²) in [6.07, 6.45) is 2.58. The lowest BCUT2D eigenvalue weighted by Gasteiger charge is -2.01. The second kappa shape index (κ2) is 3.73. The van der Waals surface area contributed by atoms with Crippen molar-refractivity contribution in [1.29, 1.82) is 0 Å². The van der Waals surface area contributed by atoms with Crippen LogP contribution >= 0.6 is 22.6 Å². The number of fused-ring (bicyclic) bond motifs is 1. The van der Waals surface area contributed by atoms with E-state index in [-0.39, 0.29) is 5.43 Å². The minimum atomic E-state index is 0.151. The standard InChI is InChI=1S/C11H10INO/c1-2-7-6-13-10-5-8(12)3-4-9(10)11(7)14/h3-6H,2H2,1H3,(H,13,14). The topological polar surface area (TPSA) is 32.9 Å². The maximum Gasteiger partial charge on any atom is 0.192 e. The Kier molecular flexibility index (Phi) is 2.58. The molecule has 1 N–H and O–H groups in total. The minimum Gasteiger partial charge on any atom is -0.361 e. The first-order valence-corrected chi connectivity index (χ1v) is 5.60. The third-order valence-corrected chi connectivity index (χ3v) is 2.97. The van der Waals surface area contributed by atoms with E-state index in [1.165, 1.54) is 0 Å². The number of aromatic nitrogens is 1. The number of halogens is 1. The number of benzene rings is 1. The van der Waals surface area contributed by atoms with Crippen LogP contribution in [0.2, 0.25) is 0 Å². The first-order chi connectivity index (χ1) is 6.72. The average Bonchev–Trinajstić information content (AvgIpc) is 2.18. The molecular formula is C11H10INO. The van der Waals surface area contributed by atoms with Crippen molar-refractivity contribution in [2.24, 2.45) is 0 Å². The van der Waals surface area contributed by atoms with Crippen molar-refractivity contribution < 1.29 is 0 Å². The zero-order valence-corrected chi connectivity index (χ0v) is 9.96. The highest BCUT2D eigenvalue weighted by molar-refractivity contribution is 14.1. The van der Waals surface area contributed by atoms with E-state index in [4.69, 9.17) is 0 Å². The van der Waals surface area contributed by atoms with Gasteiger partial charge in [-0.2, -0.15) is 0 Å². The fraction of sp³-hybridized carbons (Fsp3) is 0.182. The van der Waals surface area contributed by atoms with Crippen LogP contribution in [0.25, 0.3) is 10.9 Å². The minimum absolute atomic E-state index is 0.151. The molecule has 0 aliphatic rings. The number of rotatable bonds is 1. The van der Waals surface area contributed by atoms with E-state index in [0.29, 0.717) is 0 Å². The molecule has 0 unspecified atom stereocenters. The first kappa shape index (κ1) is 9.71. The van der Waals surface area contributed by atoms with Crippen molar-refractivity contribution in [2.45, 2.75) is 13.3 Å². The summed E-state index contributed by atoms with van der Waals surface area (Å²) in [4.78, 5) is 15.0. The molecule has 0 aliphatic carbocycles. The second-order valence-corrected chi connectivity index (χ2v) is 4.43. The lowest BCUT2D eigenvalue weighted by Crippen LogP contribution is -2.08. The molecule has 14 heavy (non-hydrogen) atoms. The van der Waals surface area contributed by atoms with Gasteiger partial charge in [0, 0.05) is 20.7 Å². The maximum absolute atomic E-state index is 11.8. The van der Waals surface area contributed by atoms with Gasteiger partial charge in [0.05, 0.1) is 5.52 Å². The van der Waals surface area contributed by atoms with Crippen LogP contribution in [-0.4, -0.2) is 4.98 Å². The number of H-pyrrole nitrogens is 1. The molecule has 0 spiro atoms. The van der Waals surface area contributed by atoms with E-state index >= 15 is 0 Å². The van der Waals surface area contributed by atoms with Crippen LogP contribution in [0.4, 0.5) is 0 Å². The highest BCUT2D eigenvalue weighted by atomic mass is 127. The lowest BCUT2D eigenvalue weighted by molar-refractivity contribution is 1.10. The molecular weight excluding hydrogens is 289 g/mol. The summed E-state index contributed by atoms with van der Waals surface area (Å²) in [7, 11) is 0. The Bertz CT molecular complexity index is 530. The van der Waals surface area contributed by atoms with Crippen molar-refractivity contribution in [3.05, 3.63) is 43.8 Å². The van der Waals surface area contributed by atoms with Crippen LogP contribution in [0, 0.1) is 3.57 Å². The molecule has 72 valence electrons. The number of aryl methyl sites for hydroxylation is 1. The third-order valence-electron chi connectivity index (χ3n) is 2.30. The second-order valence-electron chi connectivity index (χ2n) is 3.19. The molecule has 0 amide bonds. The van der Waals surface area contributed by atoms with Crippen molar-refractivity contribution in [2.75, 3.05) is 0 Å². The van der Waals surface area contributed by atoms with E-state index in [1.807, 2.05) is 25.1 Å². The quantitative estimate of drug-likeness (QED) is 0.807. The van der Waals surface area contributed by atoms with Crippen molar-refractivity contribution in [1.82, 2.24) is 4.98 Å². The highest BCUT2D eigenvalue weighted by Gasteiger charge is 2.02. The molecule has 0 radical (unpaired) electrons. The monoisotopic (exact) mass is 299 g/mol. The van der Waals surface area contributed by atoms with Crippen LogP contribution in [0.5, 0.6) is 0 Å². The molecule has 2 rings (SSSR count). The van der Waals surface area contributed by atoms with Gasteiger partial charge in [0.2, 0.25) is 0 Å². The van der Waals surface area contributed by atoms with E-state index in [0.717, 1.165) is 26.5 Å². The normalized spacial score (nSPS) is 10.7. The largest absolute Gasteiger partial charge is 0.361 e. The summed E-state index contributed by atoms with van der Waals surface area (Å²) in [6.45, 7) is 1.99. The van der Waals surface area contributed by atoms with Gasteiger partial charge in [-0.1, -0.05) is 6.92 Å². The predicted octanol–water partition coefficient (Wildman–Crippen LogP) is 2.70. The molecule has 0 bridgehead atoms. The van der Waals surface area contributed by atoms with Crippen LogP contribution in [-0.2, 0) is 6.42 Å². The fourth-order valence-corrected chi connectivity index (χ4v) is 1.99. The Hall–Kier alpha value is -0.840. The molecule has 0 saturated heterocycles. The smallest absolute Gasteiger partial charge is 0.192 e. The Morgan fingerprint density at radius 3 is 2.93 bits per heavy atom. The molecule has 2 aromatic rings. The Labute approximate surface area is 95.5 Å². The van der Waals surface area contributed by atoms with E-state index < -0.39 is 0 Å². The Balaban J connectivity index is 2.84. The summed E-state index contributed by atoms with van der Waals surface area (Å²) >= 11 is 2.24. The van der Waals surface area contributed by atoms with E-state index in [2.05, 4.69) is 27.6 Å². The number of hydrogen-bond acceptors (Lipinski definition) is 1. The van der Waals surface area contributed by atoms with E-state index in [1.54, 1.807) is 6.20 Å². The zero-order chi connectivity index (χ0) is 10.1.